The van der Waals surface area contributed by atoms with Gasteiger partial charge in [-0.15, -0.1) is 0 Å². The van der Waals surface area contributed by atoms with E-state index in [1.807, 2.05) is 36.4 Å². The van der Waals surface area contributed by atoms with Gasteiger partial charge < -0.3 is 9.84 Å². The van der Waals surface area contributed by atoms with Crippen LogP contribution in [0.2, 0.25) is 0 Å². The summed E-state index contributed by atoms with van der Waals surface area (Å²) < 4.78 is 6.37. The van der Waals surface area contributed by atoms with Crippen LogP contribution in [0, 0.1) is 18.3 Å². The second-order valence-electron chi connectivity index (χ2n) is 8.47. The zero-order valence-corrected chi connectivity index (χ0v) is 22.3. The molecule has 38 heavy (non-hydrogen) atoms. The van der Waals surface area contributed by atoms with E-state index in [4.69, 9.17) is 17.0 Å². The molecule has 3 aromatic rings. The molecule has 0 atom stereocenters. The van der Waals surface area contributed by atoms with Gasteiger partial charge in [-0.25, -0.2) is 0 Å². The first-order chi connectivity index (χ1) is 18.2. The lowest BCUT2D eigenvalue weighted by atomic mass is 10.0. The number of carbonyl (C=O) groups excluding carboxylic acids is 2. The molecule has 0 spiro atoms. The minimum Gasteiger partial charge on any atom is -0.497 e. The molecule has 2 aromatic carbocycles. The van der Waals surface area contributed by atoms with Crippen LogP contribution < -0.4 is 10.3 Å². The quantitative estimate of drug-likeness (QED) is 0.256. The third-order valence-corrected chi connectivity index (χ3v) is 7.51. The summed E-state index contributed by atoms with van der Waals surface area (Å²) in [5, 5.41) is 20.6. The first kappa shape index (κ1) is 26.9. The molecule has 8 nitrogen and oxygen atoms in total. The average molecular weight is 546 g/mol. The number of methoxy groups -OCH3 is 1. The fraction of sp³-hybridized carbons (Fsp3) is 0.179. The van der Waals surface area contributed by atoms with Crippen LogP contribution in [-0.2, 0) is 17.8 Å². The number of aromatic hydroxyl groups is 1. The van der Waals surface area contributed by atoms with Gasteiger partial charge in [0.2, 0.25) is 5.88 Å². The van der Waals surface area contributed by atoms with Crippen LogP contribution in [-0.4, -0.2) is 44.2 Å². The lowest BCUT2D eigenvalue weighted by molar-refractivity contribution is -0.121. The highest BCUT2D eigenvalue weighted by Gasteiger charge is 2.35. The highest BCUT2D eigenvalue weighted by molar-refractivity contribution is 8.26. The molecule has 1 aliphatic heterocycles. The molecule has 1 saturated heterocycles. The van der Waals surface area contributed by atoms with Gasteiger partial charge in [0.1, 0.15) is 21.7 Å². The third kappa shape index (κ3) is 5.39. The summed E-state index contributed by atoms with van der Waals surface area (Å²) in [5.41, 5.74) is 0.659. The van der Waals surface area contributed by atoms with Crippen LogP contribution in [0.3, 0.4) is 0 Å². The second kappa shape index (κ2) is 11.5. The van der Waals surface area contributed by atoms with Crippen LogP contribution >= 0.6 is 24.0 Å². The van der Waals surface area contributed by atoms with Crippen molar-refractivity contribution in [2.75, 3.05) is 13.7 Å². The monoisotopic (exact) mass is 545 g/mol. The molecule has 10 heteroatoms. The zero-order chi connectivity index (χ0) is 27.4. The smallest absolute Gasteiger partial charge is 0.271 e. The van der Waals surface area contributed by atoms with Crippen molar-refractivity contribution in [2.24, 2.45) is 0 Å². The Hall–Kier alpha value is -4.20. The molecular formula is C28H23N3O5S2. The van der Waals surface area contributed by atoms with Crippen LogP contribution in [0.1, 0.15) is 32.6 Å². The zero-order valence-electron chi connectivity index (χ0n) is 20.6. The van der Waals surface area contributed by atoms with E-state index in [2.05, 4.69) is 0 Å². The Labute approximate surface area is 228 Å². The van der Waals surface area contributed by atoms with E-state index in [9.17, 15) is 24.8 Å². The Balaban J connectivity index is 1.61. The molecule has 1 aliphatic rings. The summed E-state index contributed by atoms with van der Waals surface area (Å²) >= 11 is 6.43. The highest BCUT2D eigenvalue weighted by Crippen LogP contribution is 2.33. The summed E-state index contributed by atoms with van der Waals surface area (Å²) in [4.78, 5) is 40.9. The van der Waals surface area contributed by atoms with E-state index in [-0.39, 0.29) is 27.6 Å². The van der Waals surface area contributed by atoms with Gasteiger partial charge in [0.05, 0.1) is 24.1 Å². The van der Waals surface area contributed by atoms with Crippen LogP contribution in [0.4, 0.5) is 0 Å². The van der Waals surface area contributed by atoms with E-state index in [1.54, 1.807) is 37.5 Å². The number of aryl methyl sites for hydroxylation is 1. The van der Waals surface area contributed by atoms with Crippen molar-refractivity contribution < 1.29 is 19.4 Å². The molecular weight excluding hydrogens is 522 g/mol. The number of pyridine rings is 1. The van der Waals surface area contributed by atoms with Gasteiger partial charge in [-0.2, -0.15) is 5.26 Å². The highest BCUT2D eigenvalue weighted by atomic mass is 32.2. The molecule has 0 bridgehead atoms. The first-order valence-electron chi connectivity index (χ1n) is 11.6. The fourth-order valence-corrected chi connectivity index (χ4v) is 5.34. The van der Waals surface area contributed by atoms with Gasteiger partial charge in [0.25, 0.3) is 11.5 Å². The van der Waals surface area contributed by atoms with Gasteiger partial charge in [-0.05, 0) is 48.2 Å². The summed E-state index contributed by atoms with van der Waals surface area (Å²) in [5.74, 6) is -0.935. The Morgan fingerprint density at radius 2 is 1.84 bits per heavy atom. The van der Waals surface area contributed by atoms with Crippen molar-refractivity contribution in [3.63, 3.8) is 0 Å². The molecule has 0 aliphatic carbocycles. The molecule has 0 saturated carbocycles. The maximum Gasteiger partial charge on any atom is 0.271 e. The second-order valence-corrected chi connectivity index (χ2v) is 10.1. The van der Waals surface area contributed by atoms with E-state index >= 15 is 0 Å². The van der Waals surface area contributed by atoms with Crippen molar-refractivity contribution in [3.05, 3.63) is 97.7 Å². The minimum atomic E-state index is -0.678. The number of hydrogen-bond acceptors (Lipinski definition) is 8. The number of hydrogen-bond donors (Lipinski definition) is 1. The first-order valence-corrected chi connectivity index (χ1v) is 12.8. The standard InChI is InChI=1S/C28H23N3O5S2/c1-17-21(15-29)25(33)30(13-12-18-6-4-3-5-7-18)27(35)24(17)22(32)16-31-26(34)23(38-28(31)37)14-19-8-10-20(36-2)11-9-19/h3-11,14,35H,12-13,16H2,1-2H3/b23-14-. The molecule has 192 valence electrons. The molecule has 0 radical (unpaired) electrons. The number of rotatable bonds is 8. The van der Waals surface area contributed by atoms with Gasteiger partial charge in [0, 0.05) is 6.54 Å². The Kier molecular flexibility index (Phi) is 8.10. The number of amides is 1. The fourth-order valence-electron chi connectivity index (χ4n) is 4.09. The number of thioether (sulfide) groups is 1. The Morgan fingerprint density at radius 3 is 2.47 bits per heavy atom. The molecule has 1 fully saturated rings. The van der Waals surface area contributed by atoms with E-state index in [1.165, 1.54) is 6.92 Å². The number of ether oxygens (including phenoxy) is 1. The van der Waals surface area contributed by atoms with Crippen LogP contribution in [0.5, 0.6) is 11.6 Å². The van der Waals surface area contributed by atoms with E-state index in [0.29, 0.717) is 17.1 Å². The van der Waals surface area contributed by atoms with Crippen molar-refractivity contribution >= 4 is 46.1 Å². The molecule has 1 amide bonds. The topological polar surface area (TPSA) is 113 Å². The number of aromatic nitrogens is 1. The van der Waals surface area contributed by atoms with Gasteiger partial charge in [0.15, 0.2) is 5.78 Å². The summed E-state index contributed by atoms with van der Waals surface area (Å²) in [6, 6.07) is 18.3. The average Bonchev–Trinajstić information content (AvgIpc) is 3.17. The van der Waals surface area contributed by atoms with Crippen molar-refractivity contribution in [1.29, 1.82) is 5.26 Å². The van der Waals surface area contributed by atoms with Gasteiger partial charge in [-0.3, -0.25) is 23.9 Å². The predicted molar refractivity (Wildman–Crippen MR) is 149 cm³/mol. The number of ketones is 1. The lowest BCUT2D eigenvalue weighted by Crippen LogP contribution is -2.35. The van der Waals surface area contributed by atoms with Gasteiger partial charge >= 0.3 is 0 Å². The maximum absolute atomic E-state index is 13.4. The number of thiocarbonyl (C=S) groups is 1. The summed E-state index contributed by atoms with van der Waals surface area (Å²) in [7, 11) is 1.56. The molecule has 2 heterocycles. The van der Waals surface area contributed by atoms with E-state index < -0.39 is 29.7 Å². The molecule has 1 N–H and O–H groups in total. The Bertz CT molecular complexity index is 1550. The third-order valence-electron chi connectivity index (χ3n) is 6.13. The van der Waals surface area contributed by atoms with Gasteiger partial charge in [-0.1, -0.05) is 66.4 Å². The number of Topliss-reactive ketones (excluding diaryl/α,β-unsaturated/α-hetero) is 1. The maximum atomic E-state index is 13.4. The van der Waals surface area contributed by atoms with Crippen LogP contribution in [0.25, 0.3) is 6.08 Å². The summed E-state index contributed by atoms with van der Waals surface area (Å²) in [6.45, 7) is 1.05. The normalized spacial score (nSPS) is 14.1. The molecule has 1 aromatic heterocycles. The largest absolute Gasteiger partial charge is 0.497 e. The summed E-state index contributed by atoms with van der Waals surface area (Å²) in [6.07, 6.45) is 2.07. The SMILES string of the molecule is COc1ccc(/C=C2\SC(=S)N(CC(=O)c3c(C)c(C#N)c(=O)n(CCc4ccccc4)c3O)C2=O)cc1. The van der Waals surface area contributed by atoms with Crippen molar-refractivity contribution in [1.82, 2.24) is 9.47 Å². The van der Waals surface area contributed by atoms with Crippen molar-refractivity contribution in [2.45, 2.75) is 19.9 Å². The Morgan fingerprint density at radius 1 is 1.16 bits per heavy atom. The molecule has 0 unspecified atom stereocenters. The minimum absolute atomic E-state index is 0.0650. The number of nitriles is 1. The predicted octanol–water partition coefficient (Wildman–Crippen LogP) is 4.07. The van der Waals surface area contributed by atoms with E-state index in [0.717, 1.165) is 32.4 Å². The number of nitrogens with zero attached hydrogens (tertiary/aromatic N) is 3. The number of carbonyl (C=O) groups is 2. The van der Waals surface area contributed by atoms with Crippen molar-refractivity contribution in [3.8, 4) is 17.7 Å². The lowest BCUT2D eigenvalue weighted by Gasteiger charge is -2.18. The molecule has 4 rings (SSSR count). The van der Waals surface area contributed by atoms with Crippen LogP contribution in [0.15, 0.2) is 64.3 Å². The number of benzene rings is 2.